The largest absolute Gasteiger partial charge is 0.487 e. The summed E-state index contributed by atoms with van der Waals surface area (Å²) in [6.45, 7) is 0.514. The summed E-state index contributed by atoms with van der Waals surface area (Å²) in [7, 11) is 0. The molecule has 1 heterocycles. The van der Waals surface area contributed by atoms with Crippen molar-refractivity contribution >= 4 is 75.1 Å². The molecule has 3 aromatic carbocycles. The number of rotatable bonds is 6. The van der Waals surface area contributed by atoms with Crippen LogP contribution < -0.4 is 4.74 Å². The number of carbonyl (C=O) groups is 1. The van der Waals surface area contributed by atoms with Crippen LogP contribution >= 0.6 is 58.8 Å². The Morgan fingerprint density at radius 1 is 1.00 bits per heavy atom. The van der Waals surface area contributed by atoms with Crippen molar-refractivity contribution in [3.63, 3.8) is 0 Å². The van der Waals surface area contributed by atoms with Gasteiger partial charge in [0.25, 0.3) is 5.91 Å². The molecule has 0 aromatic heterocycles. The van der Waals surface area contributed by atoms with Crippen molar-refractivity contribution in [2.24, 2.45) is 0 Å². The van der Waals surface area contributed by atoms with E-state index >= 15 is 0 Å². The third kappa shape index (κ3) is 5.89. The molecule has 1 aliphatic rings. The van der Waals surface area contributed by atoms with Crippen LogP contribution in [0.2, 0.25) is 15.1 Å². The van der Waals surface area contributed by atoms with Crippen LogP contribution in [-0.2, 0) is 17.9 Å². The normalized spacial score (nSPS) is 14.9. The molecule has 1 saturated heterocycles. The first-order valence-corrected chi connectivity index (χ1v) is 12.0. The predicted octanol–water partition coefficient (Wildman–Crippen LogP) is 7.77. The number of hydrogen-bond donors (Lipinski definition) is 0. The smallest absolute Gasteiger partial charge is 0.266 e. The third-order valence-corrected chi connectivity index (χ3v) is 7.04. The number of thioether (sulfide) groups is 1. The summed E-state index contributed by atoms with van der Waals surface area (Å²) in [4.78, 5) is 14.8. The summed E-state index contributed by atoms with van der Waals surface area (Å²) in [6, 6.07) is 16.4. The second kappa shape index (κ2) is 10.5. The number of carbonyl (C=O) groups excluding carboxylic acids is 1. The first kappa shape index (κ1) is 24.0. The van der Waals surface area contributed by atoms with Gasteiger partial charge >= 0.3 is 0 Å². The van der Waals surface area contributed by atoms with Crippen molar-refractivity contribution in [2.45, 2.75) is 13.2 Å². The van der Waals surface area contributed by atoms with Crippen LogP contribution in [-0.4, -0.2) is 15.1 Å². The molecule has 0 saturated carbocycles. The second-order valence-corrected chi connectivity index (χ2v) is 10.0. The fourth-order valence-electron chi connectivity index (χ4n) is 3.08. The molecule has 1 aliphatic heterocycles. The number of halogens is 4. The Hall–Kier alpha value is -2.09. The van der Waals surface area contributed by atoms with Gasteiger partial charge in [-0.1, -0.05) is 83.0 Å². The Balaban J connectivity index is 1.45. The molecule has 0 unspecified atom stereocenters. The van der Waals surface area contributed by atoms with E-state index in [4.69, 9.17) is 51.8 Å². The lowest BCUT2D eigenvalue weighted by atomic mass is 10.2. The maximum atomic E-state index is 13.1. The number of hydrogen-bond acceptors (Lipinski definition) is 4. The number of amides is 1. The topological polar surface area (TPSA) is 29.5 Å². The highest BCUT2D eigenvalue weighted by atomic mass is 35.5. The van der Waals surface area contributed by atoms with Crippen molar-refractivity contribution in [2.75, 3.05) is 0 Å². The number of ether oxygens (including phenoxy) is 1. The minimum Gasteiger partial charge on any atom is -0.487 e. The van der Waals surface area contributed by atoms with Gasteiger partial charge in [0.2, 0.25) is 0 Å². The van der Waals surface area contributed by atoms with E-state index in [0.29, 0.717) is 30.0 Å². The van der Waals surface area contributed by atoms with E-state index in [1.807, 2.05) is 0 Å². The maximum absolute atomic E-state index is 13.1. The standard InChI is InChI=1S/C24H15Cl3FNO2S2/c25-17-5-4-16(19(26)11-17)13-31-21-8-3-15(9-20(21)27)10-22-23(30)29(24(32)33-22)12-14-1-6-18(28)7-2-14/h1-11H,12-13H2/b22-10-. The molecule has 1 amide bonds. The van der Waals surface area contributed by atoms with Crippen LogP contribution in [0.1, 0.15) is 16.7 Å². The molecular weight excluding hydrogens is 524 g/mol. The van der Waals surface area contributed by atoms with E-state index in [9.17, 15) is 9.18 Å². The van der Waals surface area contributed by atoms with Crippen LogP contribution in [0, 0.1) is 5.82 Å². The van der Waals surface area contributed by atoms with Gasteiger partial charge < -0.3 is 4.74 Å². The maximum Gasteiger partial charge on any atom is 0.266 e. The van der Waals surface area contributed by atoms with Gasteiger partial charge in [0.1, 0.15) is 22.5 Å². The van der Waals surface area contributed by atoms with Gasteiger partial charge in [-0.25, -0.2) is 4.39 Å². The van der Waals surface area contributed by atoms with Gasteiger partial charge in [-0.05, 0) is 53.6 Å². The summed E-state index contributed by atoms with van der Waals surface area (Å²) < 4.78 is 19.4. The van der Waals surface area contributed by atoms with Crippen molar-refractivity contribution in [1.29, 1.82) is 0 Å². The van der Waals surface area contributed by atoms with Gasteiger partial charge in [0.05, 0.1) is 16.5 Å². The first-order valence-electron chi connectivity index (χ1n) is 9.66. The molecule has 3 aromatic rings. The molecule has 0 N–H and O–H groups in total. The minimum absolute atomic E-state index is 0.205. The highest BCUT2D eigenvalue weighted by molar-refractivity contribution is 8.26. The molecule has 33 heavy (non-hydrogen) atoms. The van der Waals surface area contributed by atoms with Crippen molar-refractivity contribution < 1.29 is 13.9 Å². The Morgan fingerprint density at radius 3 is 2.45 bits per heavy atom. The first-order chi connectivity index (χ1) is 15.8. The zero-order valence-corrected chi connectivity index (χ0v) is 20.8. The minimum atomic E-state index is -0.329. The molecule has 0 bridgehead atoms. The Morgan fingerprint density at radius 2 is 1.76 bits per heavy atom. The number of nitrogens with zero attached hydrogens (tertiary/aromatic N) is 1. The van der Waals surface area contributed by atoms with Gasteiger partial charge in [-0.3, -0.25) is 9.69 Å². The van der Waals surface area contributed by atoms with Gasteiger partial charge in [-0.15, -0.1) is 0 Å². The Kier molecular flexibility index (Phi) is 7.62. The van der Waals surface area contributed by atoms with E-state index in [2.05, 4.69) is 0 Å². The molecule has 0 spiro atoms. The molecule has 0 aliphatic carbocycles. The molecule has 1 fully saturated rings. The third-order valence-electron chi connectivity index (χ3n) is 4.78. The molecule has 4 rings (SSSR count). The van der Waals surface area contributed by atoms with E-state index in [0.717, 1.165) is 16.7 Å². The lowest BCUT2D eigenvalue weighted by Gasteiger charge is -2.14. The van der Waals surface area contributed by atoms with Crippen LogP contribution in [0.3, 0.4) is 0 Å². The van der Waals surface area contributed by atoms with Crippen molar-refractivity contribution in [3.05, 3.63) is 103 Å². The monoisotopic (exact) mass is 537 g/mol. The lowest BCUT2D eigenvalue weighted by Crippen LogP contribution is -2.27. The molecular formula is C24H15Cl3FNO2S2. The quantitative estimate of drug-likeness (QED) is 0.237. The van der Waals surface area contributed by atoms with Crippen LogP contribution in [0.5, 0.6) is 5.75 Å². The summed E-state index contributed by atoms with van der Waals surface area (Å²) in [5.74, 6) is -0.0450. The van der Waals surface area contributed by atoms with E-state index in [1.165, 1.54) is 28.8 Å². The number of benzene rings is 3. The highest BCUT2D eigenvalue weighted by Gasteiger charge is 2.32. The van der Waals surface area contributed by atoms with Crippen LogP contribution in [0.15, 0.2) is 65.6 Å². The predicted molar refractivity (Wildman–Crippen MR) is 137 cm³/mol. The average molecular weight is 539 g/mol. The van der Waals surface area contributed by atoms with Gasteiger partial charge in [0, 0.05) is 15.6 Å². The molecule has 0 atom stereocenters. The fraction of sp³-hybridized carbons (Fsp3) is 0.0833. The average Bonchev–Trinajstić information content (AvgIpc) is 3.03. The molecule has 3 nitrogen and oxygen atoms in total. The van der Waals surface area contributed by atoms with Crippen LogP contribution in [0.4, 0.5) is 4.39 Å². The van der Waals surface area contributed by atoms with Gasteiger partial charge in [0.15, 0.2) is 0 Å². The molecule has 168 valence electrons. The summed E-state index contributed by atoms with van der Waals surface area (Å²) in [5.41, 5.74) is 2.31. The van der Waals surface area contributed by atoms with Crippen molar-refractivity contribution in [1.82, 2.24) is 4.90 Å². The fourth-order valence-corrected chi connectivity index (χ4v) is 5.04. The zero-order valence-electron chi connectivity index (χ0n) is 16.9. The zero-order chi connectivity index (χ0) is 23.5. The molecule has 0 radical (unpaired) electrons. The highest BCUT2D eigenvalue weighted by Crippen LogP contribution is 2.35. The summed E-state index contributed by atoms with van der Waals surface area (Å²) >= 11 is 25.1. The van der Waals surface area contributed by atoms with Crippen molar-refractivity contribution in [3.8, 4) is 5.75 Å². The Labute approximate surface area is 215 Å². The number of thiocarbonyl (C=S) groups is 1. The Bertz CT molecular complexity index is 1270. The van der Waals surface area contributed by atoms with Crippen LogP contribution in [0.25, 0.3) is 6.08 Å². The van der Waals surface area contributed by atoms with E-state index in [1.54, 1.807) is 54.6 Å². The molecule has 9 heteroatoms. The van der Waals surface area contributed by atoms with Gasteiger partial charge in [-0.2, -0.15) is 0 Å². The lowest BCUT2D eigenvalue weighted by molar-refractivity contribution is -0.122. The van der Waals surface area contributed by atoms with E-state index < -0.39 is 0 Å². The summed E-state index contributed by atoms with van der Waals surface area (Å²) in [5, 5.41) is 1.46. The SMILES string of the molecule is O=C1/C(=C/c2ccc(OCc3ccc(Cl)cc3Cl)c(Cl)c2)SC(=S)N1Cc1ccc(F)cc1. The summed E-state index contributed by atoms with van der Waals surface area (Å²) in [6.07, 6.45) is 1.73. The second-order valence-electron chi connectivity index (χ2n) is 7.11. The van der Waals surface area contributed by atoms with E-state index in [-0.39, 0.29) is 24.9 Å².